The maximum absolute atomic E-state index is 5.49. The summed E-state index contributed by atoms with van der Waals surface area (Å²) in [6.07, 6.45) is 0. The maximum Gasteiger partial charge on any atom is 0.130 e. The summed E-state index contributed by atoms with van der Waals surface area (Å²) in [5.74, 6) is 2.44. The second kappa shape index (κ2) is 7.09. The molecule has 3 heteroatoms. The predicted octanol–water partition coefficient (Wildman–Crippen LogP) is 5.05. The van der Waals surface area contributed by atoms with Crippen molar-refractivity contribution in [1.82, 2.24) is 0 Å². The summed E-state index contributed by atoms with van der Waals surface area (Å²) >= 11 is 0. The molecule has 0 saturated carbocycles. The Morgan fingerprint density at radius 1 is 0.500 bits per heavy atom. The standard InChI is InChI=1S/C21H20O3/c1-22-18-10-8-16(9-11-18)15-4-6-17(7-5-15)20-13-12-19(23-2)14-21(20)24-3/h4-14H,1-3H3. The maximum atomic E-state index is 5.49. The SMILES string of the molecule is COc1ccc(-c2ccc(-c3ccc(OC)cc3OC)cc2)cc1. The molecule has 0 unspecified atom stereocenters. The van der Waals surface area contributed by atoms with E-state index in [1.165, 1.54) is 0 Å². The summed E-state index contributed by atoms with van der Waals surface area (Å²) in [5, 5.41) is 0. The molecule has 0 fully saturated rings. The Morgan fingerprint density at radius 2 is 1.00 bits per heavy atom. The van der Waals surface area contributed by atoms with Crippen LogP contribution in [0.2, 0.25) is 0 Å². The Hall–Kier alpha value is -2.94. The van der Waals surface area contributed by atoms with Gasteiger partial charge in [0, 0.05) is 11.6 Å². The molecular formula is C21H20O3. The minimum Gasteiger partial charge on any atom is -0.497 e. The van der Waals surface area contributed by atoms with Gasteiger partial charge in [0.1, 0.15) is 17.2 Å². The quantitative estimate of drug-likeness (QED) is 0.658. The highest BCUT2D eigenvalue weighted by molar-refractivity contribution is 5.75. The molecule has 0 saturated heterocycles. The average molecular weight is 320 g/mol. The largest absolute Gasteiger partial charge is 0.497 e. The molecule has 3 aromatic rings. The van der Waals surface area contributed by atoms with Crippen molar-refractivity contribution in [2.75, 3.05) is 21.3 Å². The third-order valence-corrected chi connectivity index (χ3v) is 4.03. The number of hydrogen-bond acceptors (Lipinski definition) is 3. The van der Waals surface area contributed by atoms with Crippen LogP contribution in [0.25, 0.3) is 22.3 Å². The molecule has 0 spiro atoms. The lowest BCUT2D eigenvalue weighted by Crippen LogP contribution is -1.90. The van der Waals surface area contributed by atoms with Crippen LogP contribution in [0.5, 0.6) is 17.2 Å². The van der Waals surface area contributed by atoms with Crippen molar-refractivity contribution in [3.05, 3.63) is 66.7 Å². The molecule has 0 aliphatic rings. The van der Waals surface area contributed by atoms with E-state index in [1.807, 2.05) is 30.3 Å². The average Bonchev–Trinajstić information content (AvgIpc) is 2.67. The number of rotatable bonds is 5. The zero-order valence-electron chi connectivity index (χ0n) is 14.1. The van der Waals surface area contributed by atoms with Crippen molar-refractivity contribution in [3.63, 3.8) is 0 Å². The van der Waals surface area contributed by atoms with E-state index in [1.54, 1.807) is 21.3 Å². The van der Waals surface area contributed by atoms with Crippen LogP contribution in [0.15, 0.2) is 66.7 Å². The smallest absolute Gasteiger partial charge is 0.130 e. The van der Waals surface area contributed by atoms with Gasteiger partial charge in [-0.3, -0.25) is 0 Å². The van der Waals surface area contributed by atoms with E-state index in [0.717, 1.165) is 39.5 Å². The number of hydrogen-bond donors (Lipinski definition) is 0. The molecule has 122 valence electrons. The fourth-order valence-corrected chi connectivity index (χ4v) is 2.66. The highest BCUT2D eigenvalue weighted by Gasteiger charge is 2.08. The predicted molar refractivity (Wildman–Crippen MR) is 97.0 cm³/mol. The Bertz CT molecular complexity index is 805. The lowest BCUT2D eigenvalue weighted by molar-refractivity contribution is 0.395. The summed E-state index contributed by atoms with van der Waals surface area (Å²) in [6, 6.07) is 22.3. The molecule has 3 rings (SSSR count). The van der Waals surface area contributed by atoms with Gasteiger partial charge in [-0.2, -0.15) is 0 Å². The van der Waals surface area contributed by atoms with E-state index in [0.29, 0.717) is 0 Å². The van der Waals surface area contributed by atoms with Crippen LogP contribution in [-0.2, 0) is 0 Å². The van der Waals surface area contributed by atoms with Crippen LogP contribution >= 0.6 is 0 Å². The van der Waals surface area contributed by atoms with Crippen molar-refractivity contribution < 1.29 is 14.2 Å². The molecule has 0 aromatic heterocycles. The van der Waals surface area contributed by atoms with Crippen molar-refractivity contribution >= 4 is 0 Å². The van der Waals surface area contributed by atoms with Gasteiger partial charge in [0.2, 0.25) is 0 Å². The molecule has 0 aliphatic heterocycles. The van der Waals surface area contributed by atoms with E-state index in [2.05, 4.69) is 36.4 Å². The van der Waals surface area contributed by atoms with Crippen LogP contribution < -0.4 is 14.2 Å². The number of ether oxygens (including phenoxy) is 3. The van der Waals surface area contributed by atoms with Crippen molar-refractivity contribution in [3.8, 4) is 39.5 Å². The van der Waals surface area contributed by atoms with Gasteiger partial charge < -0.3 is 14.2 Å². The van der Waals surface area contributed by atoms with Crippen LogP contribution in [0.1, 0.15) is 0 Å². The number of benzene rings is 3. The molecule has 0 N–H and O–H groups in total. The van der Waals surface area contributed by atoms with Crippen molar-refractivity contribution in [1.29, 1.82) is 0 Å². The van der Waals surface area contributed by atoms with Crippen LogP contribution in [0, 0.1) is 0 Å². The Balaban J connectivity index is 1.91. The minimum atomic E-state index is 0.783. The second-order valence-electron chi connectivity index (χ2n) is 5.37. The van der Waals surface area contributed by atoms with E-state index in [4.69, 9.17) is 14.2 Å². The van der Waals surface area contributed by atoms with Gasteiger partial charge in [-0.25, -0.2) is 0 Å². The van der Waals surface area contributed by atoms with E-state index in [9.17, 15) is 0 Å². The molecule has 24 heavy (non-hydrogen) atoms. The summed E-state index contributed by atoms with van der Waals surface area (Å²) in [7, 11) is 4.99. The van der Waals surface area contributed by atoms with Crippen LogP contribution in [0.4, 0.5) is 0 Å². The monoisotopic (exact) mass is 320 g/mol. The molecule has 0 atom stereocenters. The number of methoxy groups -OCH3 is 3. The normalized spacial score (nSPS) is 10.3. The first-order valence-electron chi connectivity index (χ1n) is 7.72. The Kier molecular flexibility index (Phi) is 4.71. The van der Waals surface area contributed by atoms with E-state index >= 15 is 0 Å². The Morgan fingerprint density at radius 3 is 1.54 bits per heavy atom. The highest BCUT2D eigenvalue weighted by atomic mass is 16.5. The van der Waals surface area contributed by atoms with E-state index < -0.39 is 0 Å². The van der Waals surface area contributed by atoms with Gasteiger partial charge in [0.15, 0.2) is 0 Å². The van der Waals surface area contributed by atoms with E-state index in [-0.39, 0.29) is 0 Å². The first-order valence-corrected chi connectivity index (χ1v) is 7.72. The molecule has 0 aliphatic carbocycles. The molecule has 3 nitrogen and oxygen atoms in total. The van der Waals surface area contributed by atoms with Crippen molar-refractivity contribution in [2.45, 2.75) is 0 Å². The molecule has 0 bridgehead atoms. The molecule has 0 radical (unpaired) electrons. The van der Waals surface area contributed by atoms with Gasteiger partial charge in [-0.1, -0.05) is 36.4 Å². The van der Waals surface area contributed by atoms with Gasteiger partial charge >= 0.3 is 0 Å². The molecular weight excluding hydrogens is 300 g/mol. The molecule has 0 heterocycles. The van der Waals surface area contributed by atoms with Gasteiger partial charge in [-0.15, -0.1) is 0 Å². The molecule has 0 amide bonds. The molecule has 3 aromatic carbocycles. The second-order valence-corrected chi connectivity index (χ2v) is 5.37. The fourth-order valence-electron chi connectivity index (χ4n) is 2.66. The topological polar surface area (TPSA) is 27.7 Å². The summed E-state index contributed by atoms with van der Waals surface area (Å²) in [4.78, 5) is 0. The highest BCUT2D eigenvalue weighted by Crippen LogP contribution is 2.34. The third kappa shape index (κ3) is 3.20. The van der Waals surface area contributed by atoms with Gasteiger partial charge in [0.25, 0.3) is 0 Å². The zero-order valence-corrected chi connectivity index (χ0v) is 14.1. The first kappa shape index (κ1) is 15.9. The van der Waals surface area contributed by atoms with Gasteiger partial charge in [-0.05, 0) is 41.0 Å². The lowest BCUT2D eigenvalue weighted by atomic mass is 9.99. The summed E-state index contributed by atoms with van der Waals surface area (Å²) in [6.45, 7) is 0. The van der Waals surface area contributed by atoms with Crippen LogP contribution in [-0.4, -0.2) is 21.3 Å². The zero-order chi connectivity index (χ0) is 16.9. The third-order valence-electron chi connectivity index (χ3n) is 4.03. The Labute approximate surface area is 142 Å². The lowest BCUT2D eigenvalue weighted by Gasteiger charge is -2.11. The summed E-state index contributed by atoms with van der Waals surface area (Å²) in [5.41, 5.74) is 4.46. The van der Waals surface area contributed by atoms with Crippen LogP contribution in [0.3, 0.4) is 0 Å². The van der Waals surface area contributed by atoms with Gasteiger partial charge in [0.05, 0.1) is 21.3 Å². The minimum absolute atomic E-state index is 0.783. The van der Waals surface area contributed by atoms with Crippen molar-refractivity contribution in [2.24, 2.45) is 0 Å². The summed E-state index contributed by atoms with van der Waals surface area (Å²) < 4.78 is 15.9. The first-order chi connectivity index (χ1) is 11.7. The fraction of sp³-hybridized carbons (Fsp3) is 0.143.